The van der Waals surface area contributed by atoms with Crippen molar-refractivity contribution in [1.29, 1.82) is 0 Å². The fourth-order valence-electron chi connectivity index (χ4n) is 2.36. The minimum absolute atomic E-state index is 0. The van der Waals surface area contributed by atoms with Crippen molar-refractivity contribution in [2.45, 2.75) is 44.7 Å². The monoisotopic (exact) mass is 297 g/mol. The molecular weight excluding hydrogens is 273 g/mol. The van der Waals surface area contributed by atoms with Crippen molar-refractivity contribution in [3.8, 4) is 0 Å². The van der Waals surface area contributed by atoms with E-state index in [1.54, 1.807) is 0 Å². The lowest BCUT2D eigenvalue weighted by atomic mass is 10.1. The summed E-state index contributed by atoms with van der Waals surface area (Å²) in [5, 5.41) is 2.96. The third-order valence-corrected chi connectivity index (χ3v) is 3.72. The van der Waals surface area contributed by atoms with Crippen molar-refractivity contribution in [1.82, 2.24) is 10.2 Å². The van der Waals surface area contributed by atoms with Crippen molar-refractivity contribution in [2.24, 2.45) is 11.7 Å². The molecule has 0 radical (unpaired) electrons. The van der Waals surface area contributed by atoms with Gasteiger partial charge in [-0.05, 0) is 38.1 Å². The minimum atomic E-state index is -0.332. The number of hydrogen-bond acceptors (Lipinski definition) is 3. The Morgan fingerprint density at radius 1 is 1.39 bits per heavy atom. The topological polar surface area (TPSA) is 58.4 Å². The van der Waals surface area contributed by atoms with Crippen LogP contribution in [0.15, 0.2) is 0 Å². The number of nitrogens with zero attached hydrogens (tertiary/aromatic N) is 1. The van der Waals surface area contributed by atoms with Gasteiger partial charge in [-0.15, -0.1) is 24.8 Å². The largest absolute Gasteiger partial charge is 0.354 e. The standard InChI is InChI=1S/C12H23N3O.2ClH/c1-2-11(13)12(16)14-7-9-5-6-15(8-9)10-3-4-10;;/h9-11H,2-8,13H2,1H3,(H,14,16);2*1H/t9?,11-;;/m0../s1. The summed E-state index contributed by atoms with van der Waals surface area (Å²) < 4.78 is 0. The first kappa shape index (κ1) is 18.0. The predicted molar refractivity (Wildman–Crippen MR) is 78.5 cm³/mol. The number of carbonyl (C=O) groups is 1. The van der Waals surface area contributed by atoms with Crippen LogP contribution in [0.2, 0.25) is 0 Å². The van der Waals surface area contributed by atoms with Crippen LogP contribution in [-0.2, 0) is 4.79 Å². The van der Waals surface area contributed by atoms with E-state index in [0.29, 0.717) is 12.3 Å². The number of halogens is 2. The molecule has 0 aromatic heterocycles. The number of hydrogen-bond donors (Lipinski definition) is 2. The molecule has 2 rings (SSSR count). The molecule has 1 aliphatic carbocycles. The highest BCUT2D eigenvalue weighted by molar-refractivity contribution is 5.85. The summed E-state index contributed by atoms with van der Waals surface area (Å²) in [5.74, 6) is 0.640. The Bertz CT molecular complexity index is 262. The summed E-state index contributed by atoms with van der Waals surface area (Å²) in [4.78, 5) is 14.1. The van der Waals surface area contributed by atoms with Gasteiger partial charge in [0.25, 0.3) is 0 Å². The molecule has 108 valence electrons. The van der Waals surface area contributed by atoms with E-state index in [4.69, 9.17) is 5.73 Å². The number of nitrogens with two attached hydrogens (primary N) is 1. The summed E-state index contributed by atoms with van der Waals surface area (Å²) in [6.07, 6.45) is 4.68. The Hall–Kier alpha value is -0.0300. The molecule has 1 saturated carbocycles. The summed E-state index contributed by atoms with van der Waals surface area (Å²) >= 11 is 0. The first-order chi connectivity index (χ1) is 7.70. The van der Waals surface area contributed by atoms with Crippen LogP contribution >= 0.6 is 24.8 Å². The van der Waals surface area contributed by atoms with Gasteiger partial charge in [-0.3, -0.25) is 4.79 Å². The van der Waals surface area contributed by atoms with Gasteiger partial charge in [-0.2, -0.15) is 0 Å². The van der Waals surface area contributed by atoms with Gasteiger partial charge in [-0.1, -0.05) is 6.92 Å². The van der Waals surface area contributed by atoms with E-state index < -0.39 is 0 Å². The second-order valence-corrected chi connectivity index (χ2v) is 5.14. The Balaban J connectivity index is 0.00000144. The molecule has 2 aliphatic rings. The Labute approximate surface area is 122 Å². The summed E-state index contributed by atoms with van der Waals surface area (Å²) in [6.45, 7) is 5.11. The van der Waals surface area contributed by atoms with E-state index in [1.165, 1.54) is 25.8 Å². The van der Waals surface area contributed by atoms with Crippen LogP contribution in [0, 0.1) is 5.92 Å². The SMILES string of the molecule is CC[C@H](N)C(=O)NCC1CCN(C2CC2)C1.Cl.Cl. The molecule has 1 heterocycles. The number of carbonyl (C=O) groups excluding carboxylic acids is 1. The van der Waals surface area contributed by atoms with Gasteiger partial charge >= 0.3 is 0 Å². The maximum Gasteiger partial charge on any atom is 0.236 e. The zero-order chi connectivity index (χ0) is 11.5. The van der Waals surface area contributed by atoms with Gasteiger partial charge in [0.2, 0.25) is 5.91 Å². The van der Waals surface area contributed by atoms with Crippen molar-refractivity contribution in [3.63, 3.8) is 0 Å². The number of likely N-dealkylation sites (tertiary alicyclic amines) is 1. The molecular formula is C12H25Cl2N3O. The highest BCUT2D eigenvalue weighted by Crippen LogP contribution is 2.31. The molecule has 1 unspecified atom stereocenters. The normalized spacial score (nSPS) is 24.9. The van der Waals surface area contributed by atoms with Gasteiger partial charge in [0.15, 0.2) is 0 Å². The highest BCUT2D eigenvalue weighted by Gasteiger charge is 2.34. The maximum absolute atomic E-state index is 11.5. The van der Waals surface area contributed by atoms with Crippen LogP contribution in [0.4, 0.5) is 0 Å². The van der Waals surface area contributed by atoms with E-state index in [-0.39, 0.29) is 36.8 Å². The lowest BCUT2D eigenvalue weighted by Gasteiger charge is -2.16. The van der Waals surface area contributed by atoms with Crippen LogP contribution < -0.4 is 11.1 Å². The third kappa shape index (κ3) is 4.92. The smallest absolute Gasteiger partial charge is 0.236 e. The molecule has 1 aliphatic heterocycles. The quantitative estimate of drug-likeness (QED) is 0.801. The van der Waals surface area contributed by atoms with Crippen molar-refractivity contribution < 1.29 is 4.79 Å². The summed E-state index contributed by atoms with van der Waals surface area (Å²) in [7, 11) is 0. The summed E-state index contributed by atoms with van der Waals surface area (Å²) in [6, 6.07) is 0.527. The van der Waals surface area contributed by atoms with Crippen molar-refractivity contribution in [3.05, 3.63) is 0 Å². The van der Waals surface area contributed by atoms with E-state index >= 15 is 0 Å². The molecule has 2 fully saturated rings. The predicted octanol–water partition coefficient (Wildman–Crippen LogP) is 1.17. The molecule has 2 atom stereocenters. The van der Waals surface area contributed by atoms with Crippen molar-refractivity contribution >= 4 is 30.7 Å². The molecule has 6 heteroatoms. The van der Waals surface area contributed by atoms with Crippen LogP contribution in [0.25, 0.3) is 0 Å². The Morgan fingerprint density at radius 3 is 2.61 bits per heavy atom. The van der Waals surface area contributed by atoms with E-state index in [1.807, 2.05) is 6.92 Å². The molecule has 0 aromatic rings. The second-order valence-electron chi connectivity index (χ2n) is 5.14. The fourth-order valence-corrected chi connectivity index (χ4v) is 2.36. The molecule has 3 N–H and O–H groups in total. The van der Waals surface area contributed by atoms with E-state index in [2.05, 4.69) is 10.2 Å². The van der Waals surface area contributed by atoms with E-state index in [9.17, 15) is 4.79 Å². The molecule has 1 saturated heterocycles. The molecule has 18 heavy (non-hydrogen) atoms. The average molecular weight is 298 g/mol. The van der Waals surface area contributed by atoms with Crippen LogP contribution in [0.3, 0.4) is 0 Å². The number of rotatable bonds is 5. The van der Waals surface area contributed by atoms with Gasteiger partial charge in [0.05, 0.1) is 6.04 Å². The number of amides is 1. The van der Waals surface area contributed by atoms with Gasteiger partial charge < -0.3 is 16.0 Å². The number of nitrogens with one attached hydrogen (secondary N) is 1. The molecule has 0 bridgehead atoms. The zero-order valence-corrected chi connectivity index (χ0v) is 12.6. The fraction of sp³-hybridized carbons (Fsp3) is 0.917. The Kier molecular flexibility index (Phi) is 8.19. The van der Waals surface area contributed by atoms with Crippen LogP contribution in [0.5, 0.6) is 0 Å². The van der Waals surface area contributed by atoms with Gasteiger partial charge in [0, 0.05) is 19.1 Å². The zero-order valence-electron chi connectivity index (χ0n) is 10.9. The molecule has 4 nitrogen and oxygen atoms in total. The van der Waals surface area contributed by atoms with Crippen LogP contribution in [0.1, 0.15) is 32.6 Å². The first-order valence-corrected chi connectivity index (χ1v) is 6.48. The average Bonchev–Trinajstić information content (AvgIpc) is 3.05. The lowest BCUT2D eigenvalue weighted by molar-refractivity contribution is -0.122. The molecule has 1 amide bonds. The van der Waals surface area contributed by atoms with Crippen molar-refractivity contribution in [2.75, 3.05) is 19.6 Å². The lowest BCUT2D eigenvalue weighted by Crippen LogP contribution is -2.42. The minimum Gasteiger partial charge on any atom is -0.354 e. The third-order valence-electron chi connectivity index (χ3n) is 3.72. The first-order valence-electron chi connectivity index (χ1n) is 6.48. The molecule has 0 spiro atoms. The maximum atomic E-state index is 11.5. The van der Waals surface area contributed by atoms with Gasteiger partial charge in [-0.25, -0.2) is 0 Å². The Morgan fingerprint density at radius 2 is 2.06 bits per heavy atom. The second kappa shape index (κ2) is 8.20. The van der Waals surface area contributed by atoms with Gasteiger partial charge in [0.1, 0.15) is 0 Å². The highest BCUT2D eigenvalue weighted by atomic mass is 35.5. The van der Waals surface area contributed by atoms with Crippen LogP contribution in [-0.4, -0.2) is 42.5 Å². The summed E-state index contributed by atoms with van der Waals surface area (Å²) in [5.41, 5.74) is 5.66. The van der Waals surface area contributed by atoms with E-state index in [0.717, 1.165) is 19.1 Å². The molecule has 0 aromatic carbocycles.